The van der Waals surface area contributed by atoms with Crippen molar-refractivity contribution in [2.24, 2.45) is 0 Å². The lowest BCUT2D eigenvalue weighted by Crippen LogP contribution is -2.14. The lowest BCUT2D eigenvalue weighted by atomic mass is 10.1. The maximum atomic E-state index is 13.5. The van der Waals surface area contributed by atoms with E-state index in [1.165, 1.54) is 0 Å². The van der Waals surface area contributed by atoms with Gasteiger partial charge in [0.1, 0.15) is 0 Å². The van der Waals surface area contributed by atoms with Crippen molar-refractivity contribution in [1.82, 2.24) is 19.7 Å². The zero-order valence-electron chi connectivity index (χ0n) is 19.1. The number of fused-ring (bicyclic) bond motifs is 1. The predicted molar refractivity (Wildman–Crippen MR) is 140 cm³/mol. The van der Waals surface area contributed by atoms with Crippen molar-refractivity contribution in [2.45, 2.75) is 20.4 Å². The van der Waals surface area contributed by atoms with Crippen LogP contribution in [0.5, 0.6) is 0 Å². The van der Waals surface area contributed by atoms with Gasteiger partial charge in [0.25, 0.3) is 5.91 Å². The summed E-state index contributed by atoms with van der Waals surface area (Å²) in [7, 11) is 0. The molecule has 174 valence electrons. The van der Waals surface area contributed by atoms with Gasteiger partial charge in [-0.2, -0.15) is 5.10 Å². The van der Waals surface area contributed by atoms with Crippen LogP contribution in [0.2, 0.25) is 10.0 Å². The molecular weight excluding hydrogens is 481 g/mol. The van der Waals surface area contributed by atoms with Gasteiger partial charge in [-0.3, -0.25) is 14.5 Å². The van der Waals surface area contributed by atoms with Crippen LogP contribution in [-0.4, -0.2) is 25.7 Å². The lowest BCUT2D eigenvalue weighted by molar-refractivity contribution is 0.102. The Hall–Kier alpha value is -3.74. The third kappa shape index (κ3) is 4.63. The largest absolute Gasteiger partial charge is 0.319 e. The molecule has 0 bridgehead atoms. The summed E-state index contributed by atoms with van der Waals surface area (Å²) >= 11 is 12.2. The molecule has 0 fully saturated rings. The number of nitrogens with one attached hydrogen (secondary N) is 1. The number of para-hydroxylation sites is 1. The molecule has 3 heterocycles. The van der Waals surface area contributed by atoms with Crippen molar-refractivity contribution in [3.63, 3.8) is 0 Å². The van der Waals surface area contributed by atoms with Crippen LogP contribution in [0.15, 0.2) is 72.9 Å². The Bertz CT molecular complexity index is 1560. The Labute approximate surface area is 212 Å². The number of aryl methyl sites for hydroxylation is 1. The SMILES string of the molecule is Cc1nn(Cc2ccc(Cl)c(Cl)c2)c(C)c1NC(=O)c1cc(-c2ccccn2)nc2ccccc12. The normalized spacial score (nSPS) is 11.1. The van der Waals surface area contributed by atoms with Crippen LogP contribution in [0.1, 0.15) is 27.3 Å². The predicted octanol–water partition coefficient (Wildman–Crippen LogP) is 6.72. The molecule has 0 unspecified atom stereocenters. The molecular formula is C27H21Cl2N5O. The Morgan fingerprint density at radius 3 is 2.51 bits per heavy atom. The van der Waals surface area contributed by atoms with E-state index < -0.39 is 0 Å². The fraction of sp³-hybridized carbons (Fsp3) is 0.111. The number of rotatable bonds is 5. The summed E-state index contributed by atoms with van der Waals surface area (Å²) in [6.07, 6.45) is 1.71. The number of benzene rings is 2. The van der Waals surface area contributed by atoms with E-state index in [1.54, 1.807) is 18.3 Å². The van der Waals surface area contributed by atoms with E-state index >= 15 is 0 Å². The first-order chi connectivity index (χ1) is 16.9. The van der Waals surface area contributed by atoms with Gasteiger partial charge in [0.15, 0.2) is 0 Å². The summed E-state index contributed by atoms with van der Waals surface area (Å²) in [6.45, 7) is 4.30. The van der Waals surface area contributed by atoms with E-state index in [9.17, 15) is 4.79 Å². The molecule has 2 aromatic carbocycles. The molecule has 1 N–H and O–H groups in total. The van der Waals surface area contributed by atoms with Crippen molar-refractivity contribution >= 4 is 45.7 Å². The molecule has 0 saturated carbocycles. The number of hydrogen-bond acceptors (Lipinski definition) is 4. The van der Waals surface area contributed by atoms with Gasteiger partial charge in [-0.05, 0) is 55.8 Å². The van der Waals surface area contributed by atoms with E-state index in [4.69, 9.17) is 28.2 Å². The molecule has 0 saturated heterocycles. The summed E-state index contributed by atoms with van der Waals surface area (Å²) in [5.41, 5.74) is 5.78. The Balaban J connectivity index is 1.49. The standard InChI is InChI=1S/C27H21Cl2N5O/c1-16-26(17(2)34(33-16)15-18-10-11-21(28)22(29)13-18)32-27(35)20-14-25(24-9-5-6-12-30-24)31-23-8-4-3-7-19(20)23/h3-14H,15H2,1-2H3,(H,32,35). The highest BCUT2D eigenvalue weighted by Crippen LogP contribution is 2.27. The molecule has 0 aliphatic carbocycles. The zero-order valence-corrected chi connectivity index (χ0v) is 20.6. The molecule has 6 nitrogen and oxygen atoms in total. The summed E-state index contributed by atoms with van der Waals surface area (Å²) in [5.74, 6) is -0.235. The van der Waals surface area contributed by atoms with Crippen LogP contribution in [-0.2, 0) is 6.54 Å². The number of aromatic nitrogens is 4. The number of anilines is 1. The average Bonchev–Trinajstić information content (AvgIpc) is 3.13. The fourth-order valence-electron chi connectivity index (χ4n) is 4.03. The average molecular weight is 502 g/mol. The second kappa shape index (κ2) is 9.49. The topological polar surface area (TPSA) is 72.7 Å². The fourth-order valence-corrected chi connectivity index (χ4v) is 4.35. The van der Waals surface area contributed by atoms with Gasteiger partial charge in [0.05, 0.1) is 56.1 Å². The van der Waals surface area contributed by atoms with E-state index in [1.807, 2.05) is 73.1 Å². The van der Waals surface area contributed by atoms with Crippen molar-refractivity contribution < 1.29 is 4.79 Å². The van der Waals surface area contributed by atoms with Crippen molar-refractivity contribution in [3.8, 4) is 11.4 Å². The van der Waals surface area contributed by atoms with Crippen LogP contribution in [0.25, 0.3) is 22.3 Å². The van der Waals surface area contributed by atoms with E-state index in [0.717, 1.165) is 27.9 Å². The van der Waals surface area contributed by atoms with Crippen molar-refractivity contribution in [3.05, 3.63) is 105 Å². The molecule has 5 rings (SSSR count). The Morgan fingerprint density at radius 2 is 1.74 bits per heavy atom. The number of carbonyl (C=O) groups is 1. The van der Waals surface area contributed by atoms with Crippen LogP contribution in [0, 0.1) is 13.8 Å². The molecule has 8 heteroatoms. The second-order valence-electron chi connectivity index (χ2n) is 8.19. The number of hydrogen-bond donors (Lipinski definition) is 1. The van der Waals surface area contributed by atoms with Gasteiger partial charge in [-0.1, -0.05) is 53.5 Å². The van der Waals surface area contributed by atoms with Crippen LogP contribution < -0.4 is 5.32 Å². The Morgan fingerprint density at radius 1 is 0.943 bits per heavy atom. The molecule has 0 radical (unpaired) electrons. The van der Waals surface area contributed by atoms with Gasteiger partial charge in [0.2, 0.25) is 0 Å². The number of pyridine rings is 2. The zero-order chi connectivity index (χ0) is 24.5. The van der Waals surface area contributed by atoms with Gasteiger partial charge in [-0.25, -0.2) is 4.98 Å². The number of amides is 1. The minimum Gasteiger partial charge on any atom is -0.319 e. The smallest absolute Gasteiger partial charge is 0.256 e. The van der Waals surface area contributed by atoms with Crippen LogP contribution in [0.3, 0.4) is 0 Å². The molecule has 3 aromatic heterocycles. The van der Waals surface area contributed by atoms with Crippen LogP contribution in [0.4, 0.5) is 5.69 Å². The molecule has 0 atom stereocenters. The Kier molecular flexibility index (Phi) is 6.24. The lowest BCUT2D eigenvalue weighted by Gasteiger charge is -2.11. The monoisotopic (exact) mass is 501 g/mol. The first kappa shape index (κ1) is 23.0. The quantitative estimate of drug-likeness (QED) is 0.290. The minimum atomic E-state index is -0.235. The highest BCUT2D eigenvalue weighted by molar-refractivity contribution is 6.42. The number of carbonyl (C=O) groups excluding carboxylic acids is 1. The molecule has 35 heavy (non-hydrogen) atoms. The van der Waals surface area contributed by atoms with E-state index in [-0.39, 0.29) is 5.91 Å². The highest BCUT2D eigenvalue weighted by Gasteiger charge is 2.19. The third-order valence-corrected chi connectivity index (χ3v) is 6.56. The molecule has 1 amide bonds. The first-order valence-corrected chi connectivity index (χ1v) is 11.8. The highest BCUT2D eigenvalue weighted by atomic mass is 35.5. The van der Waals surface area contributed by atoms with Crippen molar-refractivity contribution in [2.75, 3.05) is 5.32 Å². The molecule has 0 aliphatic heterocycles. The molecule has 0 aliphatic rings. The van der Waals surface area contributed by atoms with Gasteiger partial charge >= 0.3 is 0 Å². The maximum absolute atomic E-state index is 13.5. The molecule has 0 spiro atoms. The van der Waals surface area contributed by atoms with Gasteiger partial charge < -0.3 is 5.32 Å². The molecule has 5 aromatic rings. The van der Waals surface area contributed by atoms with Gasteiger partial charge in [0, 0.05) is 11.6 Å². The summed E-state index contributed by atoms with van der Waals surface area (Å²) < 4.78 is 1.84. The number of halogens is 2. The summed E-state index contributed by atoms with van der Waals surface area (Å²) in [6, 6.07) is 20.5. The minimum absolute atomic E-state index is 0.235. The summed E-state index contributed by atoms with van der Waals surface area (Å²) in [5, 5.41) is 9.48. The third-order valence-electron chi connectivity index (χ3n) is 5.82. The first-order valence-electron chi connectivity index (χ1n) is 11.0. The van der Waals surface area contributed by atoms with Crippen LogP contribution >= 0.6 is 23.2 Å². The summed E-state index contributed by atoms with van der Waals surface area (Å²) in [4.78, 5) is 22.7. The number of nitrogens with zero attached hydrogens (tertiary/aromatic N) is 4. The van der Waals surface area contributed by atoms with Crippen molar-refractivity contribution in [1.29, 1.82) is 0 Å². The second-order valence-corrected chi connectivity index (χ2v) is 9.01. The maximum Gasteiger partial charge on any atom is 0.256 e. The van der Waals surface area contributed by atoms with E-state index in [2.05, 4.69) is 15.4 Å². The van der Waals surface area contributed by atoms with Gasteiger partial charge in [-0.15, -0.1) is 0 Å². The van der Waals surface area contributed by atoms with E-state index in [0.29, 0.717) is 39.2 Å².